The number of aryl methyl sites for hydroxylation is 1. The van der Waals surface area contributed by atoms with Crippen molar-refractivity contribution in [2.45, 2.75) is 90.4 Å². The molecule has 0 N–H and O–H groups in total. The highest BCUT2D eigenvalue weighted by Gasteiger charge is 1.94. The Hall–Kier alpha value is -0.780. The van der Waals surface area contributed by atoms with Crippen molar-refractivity contribution >= 4 is 0 Å². The fourth-order valence-corrected chi connectivity index (χ4v) is 2.81. The Morgan fingerprint density at radius 2 is 1.00 bits per heavy atom. The molecular formula is C20H34. The largest absolute Gasteiger partial charge is 0.0654 e. The molecule has 0 nitrogen and oxygen atoms in total. The third-order valence-electron chi connectivity index (χ3n) is 4.16. The third kappa shape index (κ3) is 10.1. The van der Waals surface area contributed by atoms with E-state index in [-0.39, 0.29) is 0 Å². The van der Waals surface area contributed by atoms with E-state index in [0.717, 1.165) is 0 Å². The van der Waals surface area contributed by atoms with Crippen LogP contribution in [0, 0.1) is 0 Å². The molecule has 0 heterocycles. The summed E-state index contributed by atoms with van der Waals surface area (Å²) in [5.74, 6) is 0. The normalized spacial score (nSPS) is 10.8. The lowest BCUT2D eigenvalue weighted by molar-refractivity contribution is 0.544. The summed E-state index contributed by atoms with van der Waals surface area (Å²) in [4.78, 5) is 0. The lowest BCUT2D eigenvalue weighted by atomic mass is 10.0. The molecule has 0 aliphatic heterocycles. The molecule has 0 saturated carbocycles. The molecule has 0 bridgehead atoms. The Kier molecular flexibility index (Phi) is 11.4. The van der Waals surface area contributed by atoms with E-state index in [1.165, 1.54) is 89.0 Å². The van der Waals surface area contributed by atoms with Crippen LogP contribution in [-0.4, -0.2) is 0 Å². The van der Waals surface area contributed by atoms with Crippen molar-refractivity contribution in [1.82, 2.24) is 0 Å². The molecule has 1 aromatic rings. The molecule has 0 aliphatic carbocycles. The van der Waals surface area contributed by atoms with Crippen LogP contribution in [0.5, 0.6) is 0 Å². The Bertz CT molecular complexity index is 288. The second kappa shape index (κ2) is 13.2. The van der Waals surface area contributed by atoms with E-state index in [1.54, 1.807) is 0 Å². The SMILES string of the molecule is CCCCCCCCCCCCCCc1ccccc1. The molecule has 0 radical (unpaired) electrons. The number of rotatable bonds is 13. The molecule has 0 fully saturated rings. The molecule has 0 heteroatoms. The van der Waals surface area contributed by atoms with Gasteiger partial charge in [-0.2, -0.15) is 0 Å². The summed E-state index contributed by atoms with van der Waals surface area (Å²) in [6.45, 7) is 2.29. The quantitative estimate of drug-likeness (QED) is 0.342. The van der Waals surface area contributed by atoms with Gasteiger partial charge in [0.05, 0.1) is 0 Å². The molecule has 0 amide bonds. The van der Waals surface area contributed by atoms with Gasteiger partial charge in [0.1, 0.15) is 0 Å². The lowest BCUT2D eigenvalue weighted by Gasteiger charge is -2.03. The summed E-state index contributed by atoms with van der Waals surface area (Å²) in [5, 5.41) is 0. The van der Waals surface area contributed by atoms with Crippen molar-refractivity contribution < 1.29 is 0 Å². The van der Waals surface area contributed by atoms with Crippen molar-refractivity contribution in [2.75, 3.05) is 0 Å². The maximum Gasteiger partial charge on any atom is -0.0279 e. The van der Waals surface area contributed by atoms with Gasteiger partial charge < -0.3 is 0 Å². The highest BCUT2D eigenvalue weighted by Crippen LogP contribution is 2.13. The average Bonchev–Trinajstić information content (AvgIpc) is 2.49. The zero-order valence-electron chi connectivity index (χ0n) is 13.6. The number of unbranched alkanes of at least 4 members (excludes halogenated alkanes) is 11. The minimum absolute atomic E-state index is 1.26. The zero-order chi connectivity index (χ0) is 14.3. The monoisotopic (exact) mass is 274 g/mol. The zero-order valence-corrected chi connectivity index (χ0v) is 13.6. The van der Waals surface area contributed by atoms with E-state index in [4.69, 9.17) is 0 Å². The standard InChI is InChI=1S/C20H34/c1-2-3-4-5-6-7-8-9-10-11-12-14-17-20-18-15-13-16-19-20/h13,15-16,18-19H,2-12,14,17H2,1H3. The Morgan fingerprint density at radius 1 is 0.550 bits per heavy atom. The molecule has 1 rings (SSSR count). The molecule has 0 unspecified atom stereocenters. The van der Waals surface area contributed by atoms with Crippen molar-refractivity contribution in [2.24, 2.45) is 0 Å². The van der Waals surface area contributed by atoms with Gasteiger partial charge >= 0.3 is 0 Å². The van der Waals surface area contributed by atoms with E-state index in [2.05, 4.69) is 37.3 Å². The van der Waals surface area contributed by atoms with Crippen molar-refractivity contribution in [3.8, 4) is 0 Å². The van der Waals surface area contributed by atoms with Gasteiger partial charge in [-0.05, 0) is 18.4 Å². The molecule has 20 heavy (non-hydrogen) atoms. The Labute approximate surface area is 127 Å². The first-order valence-corrected chi connectivity index (χ1v) is 8.97. The van der Waals surface area contributed by atoms with Gasteiger partial charge in [-0.1, -0.05) is 108 Å². The second-order valence-electron chi connectivity index (χ2n) is 6.12. The summed E-state index contributed by atoms with van der Waals surface area (Å²) < 4.78 is 0. The minimum atomic E-state index is 1.26. The summed E-state index contributed by atoms with van der Waals surface area (Å²) in [7, 11) is 0. The third-order valence-corrected chi connectivity index (χ3v) is 4.16. The highest BCUT2D eigenvalue weighted by molar-refractivity contribution is 5.14. The van der Waals surface area contributed by atoms with Gasteiger partial charge in [-0.3, -0.25) is 0 Å². The summed E-state index contributed by atoms with van der Waals surface area (Å²) in [6.07, 6.45) is 18.5. The van der Waals surface area contributed by atoms with Crippen LogP contribution in [-0.2, 0) is 6.42 Å². The molecule has 114 valence electrons. The predicted molar refractivity (Wildman–Crippen MR) is 91.2 cm³/mol. The maximum atomic E-state index is 2.29. The smallest absolute Gasteiger partial charge is 0.0279 e. The van der Waals surface area contributed by atoms with Crippen LogP contribution in [0.25, 0.3) is 0 Å². The van der Waals surface area contributed by atoms with Crippen LogP contribution in [0.4, 0.5) is 0 Å². The fourth-order valence-electron chi connectivity index (χ4n) is 2.81. The van der Waals surface area contributed by atoms with Gasteiger partial charge in [0, 0.05) is 0 Å². The second-order valence-corrected chi connectivity index (χ2v) is 6.12. The lowest BCUT2D eigenvalue weighted by Crippen LogP contribution is -1.86. The first-order valence-electron chi connectivity index (χ1n) is 8.97. The molecule has 0 atom stereocenters. The van der Waals surface area contributed by atoms with Crippen LogP contribution in [0.2, 0.25) is 0 Å². The molecular weight excluding hydrogens is 240 g/mol. The molecule has 0 aromatic heterocycles. The van der Waals surface area contributed by atoms with E-state index < -0.39 is 0 Å². The van der Waals surface area contributed by atoms with Crippen LogP contribution < -0.4 is 0 Å². The van der Waals surface area contributed by atoms with Crippen molar-refractivity contribution in [1.29, 1.82) is 0 Å². The van der Waals surface area contributed by atoms with E-state index in [1.807, 2.05) is 0 Å². The average molecular weight is 274 g/mol. The van der Waals surface area contributed by atoms with E-state index >= 15 is 0 Å². The predicted octanol–water partition coefficient (Wildman–Crippen LogP) is 6.93. The van der Waals surface area contributed by atoms with Gasteiger partial charge in [-0.25, -0.2) is 0 Å². The van der Waals surface area contributed by atoms with Gasteiger partial charge in [0.15, 0.2) is 0 Å². The van der Waals surface area contributed by atoms with Gasteiger partial charge in [0.25, 0.3) is 0 Å². The highest BCUT2D eigenvalue weighted by atomic mass is 14.0. The molecule has 0 spiro atoms. The van der Waals surface area contributed by atoms with Crippen LogP contribution in [0.15, 0.2) is 30.3 Å². The molecule has 0 saturated heterocycles. The first-order chi connectivity index (χ1) is 9.93. The van der Waals surface area contributed by atoms with Crippen LogP contribution >= 0.6 is 0 Å². The van der Waals surface area contributed by atoms with Crippen molar-refractivity contribution in [3.63, 3.8) is 0 Å². The number of benzene rings is 1. The fraction of sp³-hybridized carbons (Fsp3) is 0.700. The Morgan fingerprint density at radius 3 is 1.50 bits per heavy atom. The Balaban J connectivity index is 1.77. The number of hydrogen-bond donors (Lipinski definition) is 0. The van der Waals surface area contributed by atoms with E-state index in [0.29, 0.717) is 0 Å². The molecule has 1 aromatic carbocycles. The maximum absolute atomic E-state index is 2.29. The summed E-state index contributed by atoms with van der Waals surface area (Å²) in [6, 6.07) is 10.9. The topological polar surface area (TPSA) is 0 Å². The van der Waals surface area contributed by atoms with E-state index in [9.17, 15) is 0 Å². The van der Waals surface area contributed by atoms with Gasteiger partial charge in [0.2, 0.25) is 0 Å². The minimum Gasteiger partial charge on any atom is -0.0654 e. The van der Waals surface area contributed by atoms with Gasteiger partial charge in [-0.15, -0.1) is 0 Å². The van der Waals surface area contributed by atoms with Crippen LogP contribution in [0.1, 0.15) is 89.5 Å². The molecule has 0 aliphatic rings. The summed E-state index contributed by atoms with van der Waals surface area (Å²) in [5.41, 5.74) is 1.50. The summed E-state index contributed by atoms with van der Waals surface area (Å²) >= 11 is 0. The first kappa shape index (κ1) is 17.3. The van der Waals surface area contributed by atoms with Crippen molar-refractivity contribution in [3.05, 3.63) is 35.9 Å². The van der Waals surface area contributed by atoms with Crippen LogP contribution in [0.3, 0.4) is 0 Å². The number of hydrogen-bond acceptors (Lipinski definition) is 0.